The molecule has 2 N–H and O–H groups in total. The Labute approximate surface area is 115 Å². The van der Waals surface area contributed by atoms with Gasteiger partial charge in [0, 0.05) is 32.1 Å². The van der Waals surface area contributed by atoms with Crippen LogP contribution in [0.3, 0.4) is 0 Å². The summed E-state index contributed by atoms with van der Waals surface area (Å²) in [6, 6.07) is 0. The molecule has 0 radical (unpaired) electrons. The summed E-state index contributed by atoms with van der Waals surface area (Å²) in [6.07, 6.45) is 3.93. The number of hydrogen-bond donors (Lipinski definition) is 2. The van der Waals surface area contributed by atoms with Gasteiger partial charge in [-0.1, -0.05) is 6.92 Å². The molecule has 1 amide bonds. The second-order valence-electron chi connectivity index (χ2n) is 5.57. The standard InChI is InChI=1S/C12H23N3O3S/c1-10-3-2-8-15(9-10)19(17,18)14-7-6-13-12(16)11-4-5-11/h10-11,14H,2-9H2,1H3,(H,13,16). The summed E-state index contributed by atoms with van der Waals surface area (Å²) in [4.78, 5) is 11.4. The van der Waals surface area contributed by atoms with E-state index in [0.29, 0.717) is 25.6 Å². The number of hydrogen-bond acceptors (Lipinski definition) is 3. The van der Waals surface area contributed by atoms with Gasteiger partial charge in [0.15, 0.2) is 0 Å². The van der Waals surface area contributed by atoms with Crippen LogP contribution in [0.1, 0.15) is 32.6 Å². The van der Waals surface area contributed by atoms with Gasteiger partial charge >= 0.3 is 0 Å². The van der Waals surface area contributed by atoms with Gasteiger partial charge in [-0.15, -0.1) is 0 Å². The average Bonchev–Trinajstić information content (AvgIpc) is 3.18. The molecule has 0 bridgehead atoms. The lowest BCUT2D eigenvalue weighted by Crippen LogP contribution is -2.47. The highest BCUT2D eigenvalue weighted by atomic mass is 32.2. The van der Waals surface area contributed by atoms with Gasteiger partial charge in [0.2, 0.25) is 5.91 Å². The predicted molar refractivity (Wildman–Crippen MR) is 72.6 cm³/mol. The maximum Gasteiger partial charge on any atom is 0.279 e. The largest absolute Gasteiger partial charge is 0.355 e. The van der Waals surface area contributed by atoms with Gasteiger partial charge in [-0.05, 0) is 31.6 Å². The van der Waals surface area contributed by atoms with Crippen molar-refractivity contribution in [2.45, 2.75) is 32.6 Å². The van der Waals surface area contributed by atoms with Crippen molar-refractivity contribution < 1.29 is 13.2 Å². The minimum Gasteiger partial charge on any atom is -0.355 e. The van der Waals surface area contributed by atoms with Crippen LogP contribution in [0.5, 0.6) is 0 Å². The molecule has 1 atom stereocenters. The smallest absolute Gasteiger partial charge is 0.279 e. The van der Waals surface area contributed by atoms with Crippen molar-refractivity contribution >= 4 is 16.1 Å². The topological polar surface area (TPSA) is 78.5 Å². The molecule has 2 aliphatic rings. The number of carbonyl (C=O) groups excluding carboxylic acids is 1. The van der Waals surface area contributed by atoms with Crippen LogP contribution in [0.25, 0.3) is 0 Å². The van der Waals surface area contributed by atoms with Gasteiger partial charge < -0.3 is 5.32 Å². The fraction of sp³-hybridized carbons (Fsp3) is 0.917. The highest BCUT2D eigenvalue weighted by Gasteiger charge is 2.29. The molecule has 0 spiro atoms. The lowest BCUT2D eigenvalue weighted by Gasteiger charge is -2.29. The van der Waals surface area contributed by atoms with Crippen molar-refractivity contribution in [2.24, 2.45) is 11.8 Å². The van der Waals surface area contributed by atoms with Crippen LogP contribution in [0, 0.1) is 11.8 Å². The molecule has 2 fully saturated rings. The summed E-state index contributed by atoms with van der Waals surface area (Å²) in [5.74, 6) is 0.630. The van der Waals surface area contributed by atoms with E-state index in [9.17, 15) is 13.2 Å². The molecule has 110 valence electrons. The zero-order valence-corrected chi connectivity index (χ0v) is 12.2. The molecule has 1 aliphatic carbocycles. The molecular weight excluding hydrogens is 266 g/mol. The van der Waals surface area contributed by atoms with Crippen molar-refractivity contribution in [3.05, 3.63) is 0 Å². The summed E-state index contributed by atoms with van der Waals surface area (Å²) in [6.45, 7) is 3.86. The fourth-order valence-corrected chi connectivity index (χ4v) is 3.67. The molecule has 19 heavy (non-hydrogen) atoms. The number of rotatable bonds is 6. The Bertz CT molecular complexity index is 420. The van der Waals surface area contributed by atoms with Crippen molar-refractivity contribution in [1.29, 1.82) is 0 Å². The van der Waals surface area contributed by atoms with E-state index < -0.39 is 10.2 Å². The van der Waals surface area contributed by atoms with Gasteiger partial charge in [0.25, 0.3) is 10.2 Å². The first-order valence-corrected chi connectivity index (χ1v) is 8.45. The Balaban J connectivity index is 1.69. The van der Waals surface area contributed by atoms with Crippen LogP contribution < -0.4 is 10.0 Å². The Morgan fingerprint density at radius 2 is 2.00 bits per heavy atom. The van der Waals surface area contributed by atoms with Crippen LogP contribution >= 0.6 is 0 Å². The third-order valence-corrected chi connectivity index (χ3v) is 5.20. The van der Waals surface area contributed by atoms with E-state index in [1.165, 1.54) is 4.31 Å². The molecule has 1 saturated heterocycles. The van der Waals surface area contributed by atoms with Crippen molar-refractivity contribution in [3.63, 3.8) is 0 Å². The zero-order valence-electron chi connectivity index (χ0n) is 11.4. The maximum absolute atomic E-state index is 12.0. The molecule has 0 aromatic heterocycles. The van der Waals surface area contributed by atoms with Crippen LogP contribution in [0.15, 0.2) is 0 Å². The van der Waals surface area contributed by atoms with Crippen LogP contribution in [0.2, 0.25) is 0 Å². The summed E-state index contributed by atoms with van der Waals surface area (Å²) in [5.41, 5.74) is 0. The Morgan fingerprint density at radius 1 is 1.26 bits per heavy atom. The van der Waals surface area contributed by atoms with E-state index in [2.05, 4.69) is 17.0 Å². The number of carbonyl (C=O) groups is 1. The minimum atomic E-state index is -3.39. The Hall–Kier alpha value is -0.660. The molecule has 6 nitrogen and oxygen atoms in total. The quantitative estimate of drug-likeness (QED) is 0.680. The summed E-state index contributed by atoms with van der Waals surface area (Å²) in [5, 5.41) is 2.74. The van der Waals surface area contributed by atoms with E-state index in [0.717, 1.165) is 25.7 Å². The van der Waals surface area contributed by atoms with Gasteiger partial charge in [-0.25, -0.2) is 4.72 Å². The van der Waals surface area contributed by atoms with Crippen LogP contribution in [-0.4, -0.2) is 44.8 Å². The van der Waals surface area contributed by atoms with E-state index >= 15 is 0 Å². The van der Waals surface area contributed by atoms with E-state index in [-0.39, 0.29) is 18.4 Å². The first kappa shape index (κ1) is 14.7. The van der Waals surface area contributed by atoms with Crippen LogP contribution in [0.4, 0.5) is 0 Å². The van der Waals surface area contributed by atoms with E-state index in [1.807, 2.05) is 0 Å². The third-order valence-electron chi connectivity index (χ3n) is 3.62. The van der Waals surface area contributed by atoms with Gasteiger partial charge in [-0.3, -0.25) is 4.79 Å². The Kier molecular flexibility index (Phi) is 4.81. The number of piperidine rings is 1. The van der Waals surface area contributed by atoms with Gasteiger partial charge in [-0.2, -0.15) is 12.7 Å². The van der Waals surface area contributed by atoms with Crippen molar-refractivity contribution in [2.75, 3.05) is 26.2 Å². The lowest BCUT2D eigenvalue weighted by atomic mass is 10.0. The Morgan fingerprint density at radius 3 is 2.63 bits per heavy atom. The molecule has 1 heterocycles. The van der Waals surface area contributed by atoms with E-state index in [1.54, 1.807) is 0 Å². The molecule has 7 heteroatoms. The number of amides is 1. The second kappa shape index (κ2) is 6.19. The molecule has 1 unspecified atom stereocenters. The predicted octanol–water partition coefficient (Wildman–Crippen LogP) is 0.0789. The molecule has 0 aromatic carbocycles. The van der Waals surface area contributed by atoms with Gasteiger partial charge in [0.1, 0.15) is 0 Å². The first-order valence-electron chi connectivity index (χ1n) is 7.01. The molecule has 1 saturated carbocycles. The highest BCUT2D eigenvalue weighted by molar-refractivity contribution is 7.87. The van der Waals surface area contributed by atoms with E-state index in [4.69, 9.17) is 0 Å². The van der Waals surface area contributed by atoms with Crippen molar-refractivity contribution in [1.82, 2.24) is 14.3 Å². The highest BCUT2D eigenvalue weighted by Crippen LogP contribution is 2.28. The number of nitrogens with zero attached hydrogens (tertiary/aromatic N) is 1. The molecule has 2 rings (SSSR count). The SMILES string of the molecule is CC1CCCN(S(=O)(=O)NCCNC(=O)C2CC2)C1. The molecule has 0 aromatic rings. The monoisotopic (exact) mass is 289 g/mol. The summed E-state index contributed by atoms with van der Waals surface area (Å²) in [7, 11) is -3.39. The fourth-order valence-electron chi connectivity index (χ4n) is 2.31. The second-order valence-corrected chi connectivity index (χ2v) is 7.33. The number of nitrogens with one attached hydrogen (secondary N) is 2. The average molecular weight is 289 g/mol. The lowest BCUT2D eigenvalue weighted by molar-refractivity contribution is -0.122. The van der Waals surface area contributed by atoms with Crippen molar-refractivity contribution in [3.8, 4) is 0 Å². The molecular formula is C12H23N3O3S. The first-order chi connectivity index (χ1) is 8.99. The van der Waals surface area contributed by atoms with Gasteiger partial charge in [0.05, 0.1) is 0 Å². The normalized spacial score (nSPS) is 25.2. The minimum absolute atomic E-state index is 0.0470. The maximum atomic E-state index is 12.0. The molecule has 1 aliphatic heterocycles. The zero-order chi connectivity index (χ0) is 13.9. The summed E-state index contributed by atoms with van der Waals surface area (Å²) >= 11 is 0. The third kappa shape index (κ3) is 4.43. The summed E-state index contributed by atoms with van der Waals surface area (Å²) < 4.78 is 28.1. The van der Waals surface area contributed by atoms with Crippen LogP contribution in [-0.2, 0) is 15.0 Å².